The van der Waals surface area contributed by atoms with E-state index in [4.69, 9.17) is 9.47 Å². The van der Waals surface area contributed by atoms with Gasteiger partial charge in [-0.3, -0.25) is 0 Å². The van der Waals surface area contributed by atoms with Crippen molar-refractivity contribution < 1.29 is 13.9 Å². The summed E-state index contributed by atoms with van der Waals surface area (Å²) in [5.74, 6) is 1.47. The molecule has 0 N–H and O–H groups in total. The van der Waals surface area contributed by atoms with Gasteiger partial charge in [-0.2, -0.15) is 0 Å². The van der Waals surface area contributed by atoms with Gasteiger partial charge in [0.2, 0.25) is 0 Å². The molecule has 0 radical (unpaired) electrons. The summed E-state index contributed by atoms with van der Waals surface area (Å²) in [7, 11) is 3.32. The van der Waals surface area contributed by atoms with E-state index >= 15 is 0 Å². The Morgan fingerprint density at radius 2 is 1.29 bits per heavy atom. The Hall–Kier alpha value is -2.03. The van der Waals surface area contributed by atoms with Crippen LogP contribution in [0.2, 0.25) is 0 Å². The van der Waals surface area contributed by atoms with Crippen molar-refractivity contribution in [3.8, 4) is 11.5 Å². The Bertz CT molecular complexity index is 542. The maximum absolute atomic E-state index is 12.8. The zero-order valence-electron chi connectivity index (χ0n) is 12.6. The van der Waals surface area contributed by atoms with Crippen LogP contribution in [0.25, 0.3) is 0 Å². The second-order valence-corrected chi connectivity index (χ2v) is 5.05. The maximum Gasteiger partial charge on any atom is 0.123 e. The molecular weight excluding hydrogens is 267 g/mol. The number of methoxy groups -OCH3 is 2. The summed E-state index contributed by atoms with van der Waals surface area (Å²) in [4.78, 5) is 0. The number of aryl methyl sites for hydroxylation is 2. The SMILES string of the molecule is COc1cc(CCCCc2ccc(F)cc2)cc(OC)c1. The van der Waals surface area contributed by atoms with Crippen LogP contribution in [0.5, 0.6) is 11.5 Å². The molecule has 0 aromatic heterocycles. The third kappa shape index (κ3) is 4.78. The summed E-state index contributed by atoms with van der Waals surface area (Å²) >= 11 is 0. The number of benzene rings is 2. The lowest BCUT2D eigenvalue weighted by molar-refractivity contribution is 0.393. The van der Waals surface area contributed by atoms with Crippen LogP contribution in [0.4, 0.5) is 4.39 Å². The molecule has 2 nitrogen and oxygen atoms in total. The van der Waals surface area contributed by atoms with Crippen LogP contribution in [0, 0.1) is 5.82 Å². The highest BCUT2D eigenvalue weighted by atomic mass is 19.1. The molecule has 0 aliphatic heterocycles. The molecule has 0 aliphatic carbocycles. The topological polar surface area (TPSA) is 18.5 Å². The average molecular weight is 288 g/mol. The summed E-state index contributed by atoms with van der Waals surface area (Å²) in [6.07, 6.45) is 4.11. The predicted molar refractivity (Wildman–Crippen MR) is 82.6 cm³/mol. The number of unbranched alkanes of at least 4 members (excludes halogenated alkanes) is 1. The fourth-order valence-corrected chi connectivity index (χ4v) is 2.32. The minimum absolute atomic E-state index is 0.178. The van der Waals surface area contributed by atoms with Crippen molar-refractivity contribution in [3.63, 3.8) is 0 Å². The number of hydrogen-bond acceptors (Lipinski definition) is 2. The number of hydrogen-bond donors (Lipinski definition) is 0. The third-order valence-corrected chi connectivity index (χ3v) is 3.51. The molecule has 2 rings (SSSR count). The maximum atomic E-state index is 12.8. The minimum Gasteiger partial charge on any atom is -0.497 e. The summed E-state index contributed by atoms with van der Waals surface area (Å²) < 4.78 is 23.4. The van der Waals surface area contributed by atoms with Crippen LogP contribution in [-0.4, -0.2) is 14.2 Å². The van der Waals surface area contributed by atoms with Crippen LogP contribution >= 0.6 is 0 Å². The molecule has 0 atom stereocenters. The standard InChI is InChI=1S/C18H21FO2/c1-20-17-11-15(12-18(13-17)21-2)6-4-3-5-14-7-9-16(19)10-8-14/h7-13H,3-6H2,1-2H3. The van der Waals surface area contributed by atoms with Crippen LogP contribution in [0.3, 0.4) is 0 Å². The predicted octanol–water partition coefficient (Wildman–Crippen LogP) is 4.41. The van der Waals surface area contributed by atoms with Gasteiger partial charge in [-0.05, 0) is 61.1 Å². The van der Waals surface area contributed by atoms with Crippen LogP contribution in [-0.2, 0) is 12.8 Å². The Morgan fingerprint density at radius 1 is 0.762 bits per heavy atom. The van der Waals surface area contributed by atoms with E-state index in [0.717, 1.165) is 37.2 Å². The number of ether oxygens (including phenoxy) is 2. The lowest BCUT2D eigenvalue weighted by Gasteiger charge is -2.08. The Balaban J connectivity index is 1.84. The summed E-state index contributed by atoms with van der Waals surface area (Å²) in [6.45, 7) is 0. The van der Waals surface area contributed by atoms with E-state index in [9.17, 15) is 4.39 Å². The molecule has 21 heavy (non-hydrogen) atoms. The van der Waals surface area contributed by atoms with Gasteiger partial charge in [0, 0.05) is 6.07 Å². The summed E-state index contributed by atoms with van der Waals surface area (Å²) in [6, 6.07) is 12.7. The van der Waals surface area contributed by atoms with Gasteiger partial charge >= 0.3 is 0 Å². The number of halogens is 1. The normalized spacial score (nSPS) is 10.4. The van der Waals surface area contributed by atoms with Gasteiger partial charge in [0.05, 0.1) is 14.2 Å². The van der Waals surface area contributed by atoms with Crippen molar-refractivity contribution in [2.75, 3.05) is 14.2 Å². The van der Waals surface area contributed by atoms with Crippen molar-refractivity contribution in [2.24, 2.45) is 0 Å². The molecular formula is C18H21FO2. The summed E-state index contributed by atoms with van der Waals surface area (Å²) in [5, 5.41) is 0. The first-order valence-electron chi connectivity index (χ1n) is 7.17. The van der Waals surface area contributed by atoms with Gasteiger partial charge in [-0.25, -0.2) is 4.39 Å². The minimum atomic E-state index is -0.178. The second kappa shape index (κ2) is 7.67. The zero-order chi connectivity index (χ0) is 15.1. The monoisotopic (exact) mass is 288 g/mol. The van der Waals surface area contributed by atoms with Gasteiger partial charge < -0.3 is 9.47 Å². The largest absolute Gasteiger partial charge is 0.497 e. The molecule has 0 bridgehead atoms. The highest BCUT2D eigenvalue weighted by Crippen LogP contribution is 2.23. The van der Waals surface area contributed by atoms with Crippen molar-refractivity contribution in [2.45, 2.75) is 25.7 Å². The molecule has 0 saturated heterocycles. The van der Waals surface area contributed by atoms with Gasteiger partial charge in [0.15, 0.2) is 0 Å². The first-order chi connectivity index (χ1) is 10.2. The van der Waals surface area contributed by atoms with Crippen molar-refractivity contribution >= 4 is 0 Å². The van der Waals surface area contributed by atoms with Crippen LogP contribution in [0.15, 0.2) is 42.5 Å². The molecule has 112 valence electrons. The smallest absolute Gasteiger partial charge is 0.123 e. The van der Waals surface area contributed by atoms with Gasteiger partial charge in [-0.15, -0.1) is 0 Å². The fraction of sp³-hybridized carbons (Fsp3) is 0.333. The van der Waals surface area contributed by atoms with E-state index in [-0.39, 0.29) is 5.82 Å². The van der Waals surface area contributed by atoms with E-state index in [1.54, 1.807) is 14.2 Å². The quantitative estimate of drug-likeness (QED) is 0.703. The molecule has 2 aromatic carbocycles. The highest BCUT2D eigenvalue weighted by Gasteiger charge is 2.02. The molecule has 0 aliphatic rings. The Morgan fingerprint density at radius 3 is 1.81 bits per heavy atom. The Labute approximate surface area is 125 Å². The molecule has 0 saturated carbocycles. The van der Waals surface area contributed by atoms with Crippen molar-refractivity contribution in [1.29, 1.82) is 0 Å². The van der Waals surface area contributed by atoms with E-state index in [1.165, 1.54) is 23.3 Å². The molecule has 0 spiro atoms. The Kier molecular flexibility index (Phi) is 5.61. The first kappa shape index (κ1) is 15.4. The zero-order valence-corrected chi connectivity index (χ0v) is 12.6. The van der Waals surface area contributed by atoms with E-state index in [0.29, 0.717) is 0 Å². The molecule has 0 unspecified atom stereocenters. The van der Waals surface area contributed by atoms with Crippen LogP contribution < -0.4 is 9.47 Å². The first-order valence-corrected chi connectivity index (χ1v) is 7.17. The van der Waals surface area contributed by atoms with E-state index in [2.05, 4.69) is 0 Å². The van der Waals surface area contributed by atoms with E-state index in [1.807, 2.05) is 30.3 Å². The second-order valence-electron chi connectivity index (χ2n) is 5.05. The van der Waals surface area contributed by atoms with Gasteiger partial charge in [0.25, 0.3) is 0 Å². The van der Waals surface area contributed by atoms with Gasteiger partial charge in [0.1, 0.15) is 17.3 Å². The third-order valence-electron chi connectivity index (χ3n) is 3.51. The lowest BCUT2D eigenvalue weighted by atomic mass is 10.0. The van der Waals surface area contributed by atoms with Crippen molar-refractivity contribution in [1.82, 2.24) is 0 Å². The fourth-order valence-electron chi connectivity index (χ4n) is 2.32. The molecule has 3 heteroatoms. The van der Waals surface area contributed by atoms with Crippen LogP contribution in [0.1, 0.15) is 24.0 Å². The molecule has 0 amide bonds. The van der Waals surface area contributed by atoms with Crippen molar-refractivity contribution in [3.05, 3.63) is 59.4 Å². The van der Waals surface area contributed by atoms with E-state index < -0.39 is 0 Å². The average Bonchev–Trinajstić information content (AvgIpc) is 2.53. The molecule has 0 heterocycles. The lowest BCUT2D eigenvalue weighted by Crippen LogP contribution is -1.93. The summed E-state index contributed by atoms with van der Waals surface area (Å²) in [5.41, 5.74) is 2.39. The highest BCUT2D eigenvalue weighted by molar-refractivity contribution is 5.38. The number of rotatable bonds is 7. The molecule has 0 fully saturated rings. The van der Waals surface area contributed by atoms with Gasteiger partial charge in [-0.1, -0.05) is 12.1 Å². The molecule has 2 aromatic rings.